The van der Waals surface area contributed by atoms with Crippen molar-refractivity contribution in [3.8, 4) is 0 Å². The van der Waals surface area contributed by atoms with Crippen LogP contribution in [-0.2, 0) is 17.8 Å². The van der Waals surface area contributed by atoms with Crippen LogP contribution in [0.4, 0.5) is 0 Å². The molecule has 1 heterocycles. The Hall–Kier alpha value is -2.62. The lowest BCUT2D eigenvalue weighted by molar-refractivity contribution is -0.121. The van der Waals surface area contributed by atoms with Gasteiger partial charge in [0.1, 0.15) is 5.82 Å². The number of para-hydroxylation sites is 2. The van der Waals surface area contributed by atoms with E-state index in [1.165, 1.54) is 0 Å². The van der Waals surface area contributed by atoms with Gasteiger partial charge in [0.05, 0.1) is 11.0 Å². The van der Waals surface area contributed by atoms with Crippen molar-refractivity contribution in [2.24, 2.45) is 0 Å². The van der Waals surface area contributed by atoms with Crippen LogP contribution in [0.25, 0.3) is 11.0 Å². The molecule has 3 rings (SSSR count). The molecule has 0 saturated carbocycles. The van der Waals surface area contributed by atoms with Crippen LogP contribution in [0.5, 0.6) is 0 Å². The maximum Gasteiger partial charge on any atom is 0.220 e. The number of hydrogen-bond donors (Lipinski definition) is 2. The van der Waals surface area contributed by atoms with Gasteiger partial charge in [0.25, 0.3) is 0 Å². The van der Waals surface area contributed by atoms with E-state index >= 15 is 0 Å². The summed E-state index contributed by atoms with van der Waals surface area (Å²) in [4.78, 5) is 19.6. The fourth-order valence-corrected chi connectivity index (χ4v) is 2.24. The number of nitrogens with zero attached hydrogens (tertiary/aromatic N) is 1. The molecule has 0 aliphatic carbocycles. The second kappa shape index (κ2) is 6.22. The molecule has 0 aliphatic rings. The molecule has 1 amide bonds. The molecule has 21 heavy (non-hydrogen) atoms. The van der Waals surface area contributed by atoms with Gasteiger partial charge in [-0.2, -0.15) is 0 Å². The highest BCUT2D eigenvalue weighted by Gasteiger charge is 2.06. The van der Waals surface area contributed by atoms with Gasteiger partial charge in [-0.3, -0.25) is 4.79 Å². The van der Waals surface area contributed by atoms with Gasteiger partial charge >= 0.3 is 0 Å². The SMILES string of the molecule is O=C(CCc1nc2ccccc2[nH]1)NCc1ccccc1. The number of carbonyl (C=O) groups is 1. The number of nitrogens with one attached hydrogen (secondary N) is 2. The van der Waals surface area contributed by atoms with Gasteiger partial charge < -0.3 is 10.3 Å². The van der Waals surface area contributed by atoms with Gasteiger partial charge in [0, 0.05) is 19.4 Å². The number of rotatable bonds is 5. The summed E-state index contributed by atoms with van der Waals surface area (Å²) in [6, 6.07) is 17.8. The zero-order valence-corrected chi connectivity index (χ0v) is 11.7. The molecule has 3 aromatic rings. The molecule has 0 radical (unpaired) electrons. The van der Waals surface area contributed by atoms with Crippen LogP contribution in [0, 0.1) is 0 Å². The Balaban J connectivity index is 1.51. The largest absolute Gasteiger partial charge is 0.352 e. The first-order valence-electron chi connectivity index (χ1n) is 7.05. The summed E-state index contributed by atoms with van der Waals surface area (Å²) in [5.41, 5.74) is 3.06. The average Bonchev–Trinajstić information content (AvgIpc) is 2.95. The molecule has 4 nitrogen and oxygen atoms in total. The summed E-state index contributed by atoms with van der Waals surface area (Å²) in [7, 11) is 0. The number of carbonyl (C=O) groups excluding carboxylic acids is 1. The number of imidazole rings is 1. The summed E-state index contributed by atoms with van der Waals surface area (Å²) in [6.07, 6.45) is 1.06. The zero-order valence-electron chi connectivity index (χ0n) is 11.7. The van der Waals surface area contributed by atoms with Gasteiger partial charge in [-0.15, -0.1) is 0 Å². The number of fused-ring (bicyclic) bond motifs is 1. The number of hydrogen-bond acceptors (Lipinski definition) is 2. The molecule has 0 fully saturated rings. The van der Waals surface area contributed by atoms with Crippen molar-refractivity contribution in [3.63, 3.8) is 0 Å². The Kier molecular flexibility index (Phi) is 3.96. The molecule has 1 aromatic heterocycles. The van der Waals surface area contributed by atoms with Crippen molar-refractivity contribution in [3.05, 3.63) is 66.0 Å². The molecule has 0 unspecified atom stereocenters. The summed E-state index contributed by atoms with van der Waals surface area (Å²) in [6.45, 7) is 0.569. The molecule has 0 atom stereocenters. The average molecular weight is 279 g/mol. The van der Waals surface area contributed by atoms with Crippen LogP contribution in [0.2, 0.25) is 0 Å². The Morgan fingerprint density at radius 1 is 1.05 bits per heavy atom. The lowest BCUT2D eigenvalue weighted by atomic mass is 10.2. The molecule has 2 aromatic carbocycles. The molecule has 2 N–H and O–H groups in total. The number of aryl methyl sites for hydroxylation is 1. The summed E-state index contributed by atoms with van der Waals surface area (Å²) in [5, 5.41) is 2.92. The highest BCUT2D eigenvalue weighted by molar-refractivity contribution is 5.77. The Bertz CT molecular complexity index is 701. The van der Waals surface area contributed by atoms with Crippen molar-refractivity contribution in [2.75, 3.05) is 0 Å². The monoisotopic (exact) mass is 279 g/mol. The third-order valence-electron chi connectivity index (χ3n) is 3.36. The molecule has 0 bridgehead atoms. The number of aromatic nitrogens is 2. The standard InChI is InChI=1S/C17H17N3O/c21-17(18-12-13-6-2-1-3-7-13)11-10-16-19-14-8-4-5-9-15(14)20-16/h1-9H,10-12H2,(H,18,21)(H,19,20). The van der Waals surface area contributed by atoms with Crippen molar-refractivity contribution in [2.45, 2.75) is 19.4 Å². The van der Waals surface area contributed by atoms with Gasteiger partial charge in [-0.05, 0) is 17.7 Å². The van der Waals surface area contributed by atoms with Crippen molar-refractivity contribution >= 4 is 16.9 Å². The molecule has 0 spiro atoms. The maximum atomic E-state index is 11.9. The first-order valence-corrected chi connectivity index (χ1v) is 7.05. The number of aromatic amines is 1. The molecule has 0 aliphatic heterocycles. The third-order valence-corrected chi connectivity index (χ3v) is 3.36. The van der Waals surface area contributed by atoms with Gasteiger partial charge in [0.15, 0.2) is 0 Å². The Morgan fingerprint density at radius 3 is 2.62 bits per heavy atom. The van der Waals surface area contributed by atoms with E-state index in [4.69, 9.17) is 0 Å². The van der Waals surface area contributed by atoms with E-state index in [1.54, 1.807) is 0 Å². The molecular formula is C17H17N3O. The molecule has 106 valence electrons. The van der Waals surface area contributed by atoms with Crippen LogP contribution in [0.1, 0.15) is 17.8 Å². The van der Waals surface area contributed by atoms with E-state index in [0.717, 1.165) is 22.4 Å². The molecule has 0 saturated heterocycles. The van der Waals surface area contributed by atoms with Crippen LogP contribution in [0.15, 0.2) is 54.6 Å². The normalized spacial score (nSPS) is 10.7. The fourth-order valence-electron chi connectivity index (χ4n) is 2.24. The van der Waals surface area contributed by atoms with E-state index in [9.17, 15) is 4.79 Å². The first kappa shape index (κ1) is 13.4. The van der Waals surface area contributed by atoms with E-state index in [2.05, 4.69) is 15.3 Å². The van der Waals surface area contributed by atoms with Crippen LogP contribution >= 0.6 is 0 Å². The van der Waals surface area contributed by atoms with Crippen molar-refractivity contribution < 1.29 is 4.79 Å². The van der Waals surface area contributed by atoms with Crippen LogP contribution in [0.3, 0.4) is 0 Å². The smallest absolute Gasteiger partial charge is 0.220 e. The Morgan fingerprint density at radius 2 is 1.81 bits per heavy atom. The second-order valence-electron chi connectivity index (χ2n) is 4.96. The van der Waals surface area contributed by atoms with E-state index in [-0.39, 0.29) is 5.91 Å². The lowest BCUT2D eigenvalue weighted by Crippen LogP contribution is -2.23. The zero-order chi connectivity index (χ0) is 14.5. The minimum absolute atomic E-state index is 0.0410. The van der Waals surface area contributed by atoms with Gasteiger partial charge in [0.2, 0.25) is 5.91 Å². The van der Waals surface area contributed by atoms with E-state index < -0.39 is 0 Å². The predicted octanol–water partition coefficient (Wildman–Crippen LogP) is 2.81. The van der Waals surface area contributed by atoms with E-state index in [1.807, 2.05) is 54.6 Å². The highest BCUT2D eigenvalue weighted by atomic mass is 16.1. The number of H-pyrrole nitrogens is 1. The minimum Gasteiger partial charge on any atom is -0.352 e. The van der Waals surface area contributed by atoms with E-state index in [0.29, 0.717) is 19.4 Å². The topological polar surface area (TPSA) is 57.8 Å². The summed E-state index contributed by atoms with van der Waals surface area (Å²) < 4.78 is 0. The van der Waals surface area contributed by atoms with Crippen molar-refractivity contribution in [1.29, 1.82) is 0 Å². The number of amides is 1. The Labute approximate surface area is 123 Å². The second-order valence-corrected chi connectivity index (χ2v) is 4.96. The predicted molar refractivity (Wildman–Crippen MR) is 82.7 cm³/mol. The van der Waals surface area contributed by atoms with Gasteiger partial charge in [-0.1, -0.05) is 42.5 Å². The molecule has 4 heteroatoms. The van der Waals surface area contributed by atoms with Crippen molar-refractivity contribution in [1.82, 2.24) is 15.3 Å². The number of benzene rings is 2. The quantitative estimate of drug-likeness (QED) is 0.754. The fraction of sp³-hybridized carbons (Fsp3) is 0.176. The molecular weight excluding hydrogens is 262 g/mol. The minimum atomic E-state index is 0.0410. The first-order chi connectivity index (χ1) is 10.3. The summed E-state index contributed by atoms with van der Waals surface area (Å²) >= 11 is 0. The van der Waals surface area contributed by atoms with Crippen LogP contribution in [-0.4, -0.2) is 15.9 Å². The summed E-state index contributed by atoms with van der Waals surface area (Å²) in [5.74, 6) is 0.894. The highest BCUT2D eigenvalue weighted by Crippen LogP contribution is 2.11. The maximum absolute atomic E-state index is 11.9. The van der Waals surface area contributed by atoms with Gasteiger partial charge in [-0.25, -0.2) is 4.98 Å². The third kappa shape index (κ3) is 3.48. The van der Waals surface area contributed by atoms with Crippen LogP contribution < -0.4 is 5.32 Å². The lowest BCUT2D eigenvalue weighted by Gasteiger charge is -2.04.